The molecule has 0 saturated carbocycles. The highest BCUT2D eigenvalue weighted by atomic mass is 16.2. The van der Waals surface area contributed by atoms with Gasteiger partial charge in [-0.3, -0.25) is 14.5 Å². The Morgan fingerprint density at radius 3 is 2.44 bits per heavy atom. The average molecular weight is 343 g/mol. The Morgan fingerprint density at radius 1 is 0.920 bits per heavy atom. The van der Waals surface area contributed by atoms with E-state index in [-0.39, 0.29) is 23.8 Å². The van der Waals surface area contributed by atoms with Gasteiger partial charge >= 0.3 is 0 Å². The molecule has 0 aromatic heterocycles. The summed E-state index contributed by atoms with van der Waals surface area (Å²) in [6.07, 6.45) is 1.86. The molecule has 0 spiro atoms. The van der Waals surface area contributed by atoms with E-state index in [2.05, 4.69) is 11.0 Å². The molecule has 5 heteroatoms. The second-order valence-corrected chi connectivity index (χ2v) is 7.41. The van der Waals surface area contributed by atoms with Crippen LogP contribution in [0, 0.1) is 5.92 Å². The number of hydrogen-bond acceptors (Lipinski definition) is 3. The molecule has 1 saturated heterocycles. The average Bonchev–Trinajstić information content (AvgIpc) is 2.89. The number of para-hydroxylation sites is 1. The van der Waals surface area contributed by atoms with Gasteiger partial charge in [-0.15, -0.1) is 0 Å². The second kappa shape index (κ2) is 7.56. The van der Waals surface area contributed by atoms with Crippen molar-refractivity contribution in [3.05, 3.63) is 29.8 Å². The highest BCUT2D eigenvalue weighted by molar-refractivity contribution is 5.98. The predicted octanol–water partition coefficient (Wildman–Crippen LogP) is 2.15. The normalized spacial score (nSPS) is 19.7. The fourth-order valence-corrected chi connectivity index (χ4v) is 3.86. The molecule has 2 heterocycles. The van der Waals surface area contributed by atoms with Crippen molar-refractivity contribution in [2.75, 3.05) is 37.6 Å². The summed E-state index contributed by atoms with van der Waals surface area (Å²) in [5.74, 6) is 0.426. The van der Waals surface area contributed by atoms with Gasteiger partial charge in [0.05, 0.1) is 6.04 Å². The standard InChI is InChI=1S/C20H29N3O2/c1-15(2)19(24)22-11-6-10-21(13-14-22)16(3)20(25)23-12-9-17-7-4-5-8-18(17)23/h4-5,7-8,15-16H,6,9-14H2,1-3H3. The van der Waals surface area contributed by atoms with Crippen LogP contribution >= 0.6 is 0 Å². The van der Waals surface area contributed by atoms with Crippen molar-refractivity contribution in [3.63, 3.8) is 0 Å². The van der Waals surface area contributed by atoms with Gasteiger partial charge < -0.3 is 9.80 Å². The van der Waals surface area contributed by atoms with E-state index in [1.54, 1.807) is 0 Å². The van der Waals surface area contributed by atoms with Gasteiger partial charge in [0.1, 0.15) is 0 Å². The maximum Gasteiger partial charge on any atom is 0.244 e. The first-order valence-electron chi connectivity index (χ1n) is 9.41. The van der Waals surface area contributed by atoms with Crippen LogP contribution in [0.1, 0.15) is 32.8 Å². The fraction of sp³-hybridized carbons (Fsp3) is 0.600. The van der Waals surface area contributed by atoms with E-state index in [1.165, 1.54) is 5.56 Å². The number of fused-ring (bicyclic) bond motifs is 1. The SMILES string of the molecule is CC(C)C(=O)N1CCCN(C(C)C(=O)N2CCc3ccccc32)CC1. The van der Waals surface area contributed by atoms with Gasteiger partial charge in [0.2, 0.25) is 11.8 Å². The third-order valence-corrected chi connectivity index (χ3v) is 5.39. The Bertz CT molecular complexity index is 644. The zero-order chi connectivity index (χ0) is 18.0. The first-order chi connectivity index (χ1) is 12.0. The van der Waals surface area contributed by atoms with Crippen LogP contribution in [0.25, 0.3) is 0 Å². The molecule has 2 aliphatic rings. The highest BCUT2D eigenvalue weighted by Gasteiger charge is 2.32. The molecule has 5 nitrogen and oxygen atoms in total. The van der Waals surface area contributed by atoms with E-state index in [0.717, 1.165) is 44.7 Å². The molecule has 2 amide bonds. The first kappa shape index (κ1) is 17.9. The summed E-state index contributed by atoms with van der Waals surface area (Å²) in [7, 11) is 0. The third kappa shape index (κ3) is 3.71. The van der Waals surface area contributed by atoms with Gasteiger partial charge in [-0.2, -0.15) is 0 Å². The first-order valence-corrected chi connectivity index (χ1v) is 9.41. The molecule has 0 aliphatic carbocycles. The van der Waals surface area contributed by atoms with Crippen LogP contribution in [-0.2, 0) is 16.0 Å². The molecule has 1 aromatic carbocycles. The summed E-state index contributed by atoms with van der Waals surface area (Å²) in [6.45, 7) is 9.80. The van der Waals surface area contributed by atoms with Crippen LogP contribution in [0.5, 0.6) is 0 Å². The molecule has 1 unspecified atom stereocenters. The van der Waals surface area contributed by atoms with Crippen LogP contribution < -0.4 is 4.90 Å². The topological polar surface area (TPSA) is 43.9 Å². The van der Waals surface area contributed by atoms with Crippen molar-refractivity contribution in [2.24, 2.45) is 5.92 Å². The maximum absolute atomic E-state index is 13.0. The molecule has 0 radical (unpaired) electrons. The van der Waals surface area contributed by atoms with Gasteiger partial charge in [0.15, 0.2) is 0 Å². The van der Waals surface area contributed by atoms with Gasteiger partial charge in [0.25, 0.3) is 0 Å². The molecule has 1 aromatic rings. The van der Waals surface area contributed by atoms with Gasteiger partial charge in [0, 0.05) is 44.3 Å². The van der Waals surface area contributed by atoms with Gasteiger partial charge in [-0.25, -0.2) is 0 Å². The Kier molecular flexibility index (Phi) is 5.42. The van der Waals surface area contributed by atoms with Crippen molar-refractivity contribution in [2.45, 2.75) is 39.7 Å². The quantitative estimate of drug-likeness (QED) is 0.845. The second-order valence-electron chi connectivity index (χ2n) is 7.41. The minimum Gasteiger partial charge on any atom is -0.341 e. The molecule has 1 fully saturated rings. The van der Waals surface area contributed by atoms with E-state index in [9.17, 15) is 9.59 Å². The lowest BCUT2D eigenvalue weighted by atomic mass is 10.1. The molecule has 2 aliphatic heterocycles. The zero-order valence-corrected chi connectivity index (χ0v) is 15.6. The number of nitrogens with zero attached hydrogens (tertiary/aromatic N) is 3. The molecule has 25 heavy (non-hydrogen) atoms. The monoisotopic (exact) mass is 343 g/mol. The number of rotatable bonds is 3. The van der Waals surface area contributed by atoms with E-state index in [1.807, 2.05) is 48.8 Å². The van der Waals surface area contributed by atoms with Crippen LogP contribution in [0.3, 0.4) is 0 Å². The van der Waals surface area contributed by atoms with Crippen LogP contribution in [-0.4, -0.2) is 60.4 Å². The molecule has 1 atom stereocenters. The van der Waals surface area contributed by atoms with Gasteiger partial charge in [-0.1, -0.05) is 32.0 Å². The molecule has 3 rings (SSSR count). The summed E-state index contributed by atoms with van der Waals surface area (Å²) >= 11 is 0. The summed E-state index contributed by atoms with van der Waals surface area (Å²) < 4.78 is 0. The molecular weight excluding hydrogens is 314 g/mol. The Hall–Kier alpha value is -1.88. The Balaban J connectivity index is 1.64. The highest BCUT2D eigenvalue weighted by Crippen LogP contribution is 2.28. The number of benzene rings is 1. The Labute approximate surface area is 150 Å². The van der Waals surface area contributed by atoms with E-state index < -0.39 is 0 Å². The summed E-state index contributed by atoms with van der Waals surface area (Å²) in [5, 5.41) is 0. The molecular formula is C20H29N3O2. The van der Waals surface area contributed by atoms with E-state index in [4.69, 9.17) is 0 Å². The van der Waals surface area contributed by atoms with Crippen molar-refractivity contribution in [1.29, 1.82) is 0 Å². The summed E-state index contributed by atoms with van der Waals surface area (Å²) in [4.78, 5) is 31.4. The van der Waals surface area contributed by atoms with Crippen molar-refractivity contribution in [3.8, 4) is 0 Å². The molecule has 0 bridgehead atoms. The van der Waals surface area contributed by atoms with Crippen molar-refractivity contribution < 1.29 is 9.59 Å². The Morgan fingerprint density at radius 2 is 1.68 bits per heavy atom. The zero-order valence-electron chi connectivity index (χ0n) is 15.6. The minimum atomic E-state index is -0.153. The van der Waals surface area contributed by atoms with E-state index >= 15 is 0 Å². The molecule has 0 N–H and O–H groups in total. The van der Waals surface area contributed by atoms with Crippen LogP contribution in [0.4, 0.5) is 5.69 Å². The van der Waals surface area contributed by atoms with Gasteiger partial charge in [-0.05, 0) is 31.4 Å². The summed E-state index contributed by atoms with van der Waals surface area (Å²) in [5.41, 5.74) is 2.32. The maximum atomic E-state index is 13.0. The lowest BCUT2D eigenvalue weighted by Crippen LogP contribution is -2.48. The summed E-state index contributed by atoms with van der Waals surface area (Å²) in [6, 6.07) is 8.02. The molecule has 136 valence electrons. The lowest BCUT2D eigenvalue weighted by Gasteiger charge is -2.30. The lowest BCUT2D eigenvalue weighted by molar-refractivity contribution is -0.134. The third-order valence-electron chi connectivity index (χ3n) is 5.39. The van der Waals surface area contributed by atoms with Crippen LogP contribution in [0.15, 0.2) is 24.3 Å². The largest absolute Gasteiger partial charge is 0.341 e. The van der Waals surface area contributed by atoms with E-state index in [0.29, 0.717) is 6.54 Å². The minimum absolute atomic E-state index is 0.0340. The number of amides is 2. The smallest absolute Gasteiger partial charge is 0.244 e. The van der Waals surface area contributed by atoms with Crippen molar-refractivity contribution in [1.82, 2.24) is 9.80 Å². The number of carbonyl (C=O) groups is 2. The number of anilines is 1. The number of carbonyl (C=O) groups excluding carboxylic acids is 2. The number of hydrogen-bond donors (Lipinski definition) is 0. The van der Waals surface area contributed by atoms with Crippen LogP contribution in [0.2, 0.25) is 0 Å². The predicted molar refractivity (Wildman–Crippen MR) is 99.6 cm³/mol. The van der Waals surface area contributed by atoms with Crippen molar-refractivity contribution >= 4 is 17.5 Å². The fourth-order valence-electron chi connectivity index (χ4n) is 3.86.